The average Bonchev–Trinajstić information content (AvgIpc) is 2.36. The lowest BCUT2D eigenvalue weighted by Gasteiger charge is -2.24. The lowest BCUT2D eigenvalue weighted by atomic mass is 10.2. The van der Waals surface area contributed by atoms with Crippen LogP contribution in [0.15, 0.2) is 23.5 Å². The maximum atomic E-state index is 9.01. The third kappa shape index (κ3) is 2.60. The first-order chi connectivity index (χ1) is 7.60. The van der Waals surface area contributed by atoms with Crippen LogP contribution in [0.4, 0.5) is 5.82 Å². The molecule has 0 radical (unpaired) electrons. The minimum atomic E-state index is -0.0118. The molecule has 0 aliphatic carbocycles. The van der Waals surface area contributed by atoms with Gasteiger partial charge in [-0.05, 0) is 19.1 Å². The van der Waals surface area contributed by atoms with Gasteiger partial charge in [0.25, 0.3) is 0 Å². The molecule has 0 aliphatic heterocycles. The maximum absolute atomic E-state index is 9.01. The van der Waals surface area contributed by atoms with Crippen LogP contribution >= 0.6 is 0 Å². The number of pyridine rings is 1. The Hall–Kier alpha value is -1.82. The molecule has 6 heteroatoms. The first-order valence-corrected chi connectivity index (χ1v) is 4.87. The molecule has 0 saturated heterocycles. The van der Waals surface area contributed by atoms with Crippen LogP contribution in [0.3, 0.4) is 0 Å². The molecule has 0 saturated carbocycles. The van der Waals surface area contributed by atoms with E-state index in [1.165, 1.54) is 6.20 Å². The second-order valence-electron chi connectivity index (χ2n) is 3.53. The van der Waals surface area contributed by atoms with Crippen LogP contribution in [-0.2, 0) is 0 Å². The SMILES string of the molecule is CC(CO)N(C)c1ccc(/C(N)=N/O)cn1. The molecule has 1 rings (SSSR count). The summed E-state index contributed by atoms with van der Waals surface area (Å²) in [6.07, 6.45) is 1.52. The molecule has 0 fully saturated rings. The molecule has 1 unspecified atom stereocenters. The number of aliphatic hydroxyl groups is 1. The van der Waals surface area contributed by atoms with Gasteiger partial charge >= 0.3 is 0 Å². The first-order valence-electron chi connectivity index (χ1n) is 4.87. The summed E-state index contributed by atoms with van der Waals surface area (Å²) in [4.78, 5) is 6.00. The molecule has 4 N–H and O–H groups in total. The molecule has 1 heterocycles. The van der Waals surface area contributed by atoms with Gasteiger partial charge in [-0.1, -0.05) is 5.16 Å². The number of likely N-dealkylation sites (N-methyl/N-ethyl adjacent to an activating group) is 1. The van der Waals surface area contributed by atoms with Gasteiger partial charge < -0.3 is 20.9 Å². The number of aliphatic hydroxyl groups excluding tert-OH is 1. The Morgan fingerprint density at radius 1 is 1.62 bits per heavy atom. The Labute approximate surface area is 94.0 Å². The Morgan fingerprint density at radius 3 is 2.75 bits per heavy atom. The second kappa shape index (κ2) is 5.32. The van der Waals surface area contributed by atoms with Crippen molar-refractivity contribution in [2.75, 3.05) is 18.6 Å². The highest BCUT2D eigenvalue weighted by Crippen LogP contribution is 2.12. The van der Waals surface area contributed by atoms with Crippen molar-refractivity contribution in [2.45, 2.75) is 13.0 Å². The quantitative estimate of drug-likeness (QED) is 0.289. The fourth-order valence-corrected chi connectivity index (χ4v) is 1.15. The zero-order chi connectivity index (χ0) is 12.1. The highest BCUT2D eigenvalue weighted by Gasteiger charge is 2.10. The lowest BCUT2D eigenvalue weighted by molar-refractivity contribution is 0.270. The number of amidine groups is 1. The Bertz CT molecular complexity index is 364. The van der Waals surface area contributed by atoms with E-state index in [0.717, 1.165) is 5.82 Å². The highest BCUT2D eigenvalue weighted by atomic mass is 16.4. The lowest BCUT2D eigenvalue weighted by Crippen LogP contribution is -2.32. The summed E-state index contributed by atoms with van der Waals surface area (Å²) in [5.41, 5.74) is 5.96. The Kier molecular flexibility index (Phi) is 4.07. The Balaban J connectivity index is 2.86. The van der Waals surface area contributed by atoms with E-state index >= 15 is 0 Å². The molecule has 0 aliphatic rings. The fraction of sp³-hybridized carbons (Fsp3) is 0.400. The molecule has 0 amide bonds. The zero-order valence-electron chi connectivity index (χ0n) is 9.33. The van der Waals surface area contributed by atoms with Crippen LogP contribution in [-0.4, -0.2) is 40.8 Å². The van der Waals surface area contributed by atoms with Crippen molar-refractivity contribution in [3.05, 3.63) is 23.9 Å². The van der Waals surface area contributed by atoms with Crippen LogP contribution in [0.5, 0.6) is 0 Å². The number of nitrogens with two attached hydrogens (primary N) is 1. The molecule has 0 bridgehead atoms. The van der Waals surface area contributed by atoms with Crippen LogP contribution in [0.2, 0.25) is 0 Å². The van der Waals surface area contributed by atoms with E-state index in [0.29, 0.717) is 5.56 Å². The van der Waals surface area contributed by atoms with Gasteiger partial charge in [0.2, 0.25) is 0 Å². The van der Waals surface area contributed by atoms with E-state index in [1.54, 1.807) is 12.1 Å². The first kappa shape index (κ1) is 12.3. The van der Waals surface area contributed by atoms with E-state index in [9.17, 15) is 0 Å². The summed E-state index contributed by atoms with van der Waals surface area (Å²) < 4.78 is 0. The van der Waals surface area contributed by atoms with Crippen molar-refractivity contribution in [3.63, 3.8) is 0 Å². The van der Waals surface area contributed by atoms with Crippen LogP contribution in [0.1, 0.15) is 12.5 Å². The number of hydrogen-bond donors (Lipinski definition) is 3. The second-order valence-corrected chi connectivity index (χ2v) is 3.53. The van der Waals surface area contributed by atoms with Crippen molar-refractivity contribution in [2.24, 2.45) is 10.9 Å². The number of anilines is 1. The number of oxime groups is 1. The largest absolute Gasteiger partial charge is 0.409 e. The summed E-state index contributed by atoms with van der Waals surface area (Å²) in [5.74, 6) is 0.743. The summed E-state index contributed by atoms with van der Waals surface area (Å²) in [5, 5.41) is 20.4. The number of rotatable bonds is 4. The van der Waals surface area contributed by atoms with Gasteiger partial charge in [-0.25, -0.2) is 4.98 Å². The van der Waals surface area contributed by atoms with Crippen molar-refractivity contribution in [3.8, 4) is 0 Å². The minimum Gasteiger partial charge on any atom is -0.409 e. The van der Waals surface area contributed by atoms with E-state index < -0.39 is 0 Å². The monoisotopic (exact) mass is 224 g/mol. The third-order valence-electron chi connectivity index (χ3n) is 2.44. The van der Waals surface area contributed by atoms with Crippen LogP contribution < -0.4 is 10.6 Å². The fourth-order valence-electron chi connectivity index (χ4n) is 1.15. The predicted molar refractivity (Wildman–Crippen MR) is 61.7 cm³/mol. The summed E-state index contributed by atoms with van der Waals surface area (Å²) in [7, 11) is 1.84. The van der Waals surface area contributed by atoms with Gasteiger partial charge in [0.1, 0.15) is 5.82 Å². The van der Waals surface area contributed by atoms with E-state index in [2.05, 4.69) is 10.1 Å². The van der Waals surface area contributed by atoms with Crippen molar-refractivity contribution in [1.82, 2.24) is 4.98 Å². The van der Waals surface area contributed by atoms with Crippen molar-refractivity contribution >= 4 is 11.7 Å². The van der Waals surface area contributed by atoms with Gasteiger partial charge in [0, 0.05) is 18.8 Å². The third-order valence-corrected chi connectivity index (χ3v) is 2.44. The molecule has 1 aromatic rings. The van der Waals surface area contributed by atoms with Gasteiger partial charge in [0.15, 0.2) is 5.84 Å². The van der Waals surface area contributed by atoms with Crippen LogP contribution in [0, 0.1) is 0 Å². The van der Waals surface area contributed by atoms with Gasteiger partial charge in [0.05, 0.1) is 12.6 Å². The topological polar surface area (TPSA) is 95.0 Å². The van der Waals surface area contributed by atoms with E-state index in [-0.39, 0.29) is 18.5 Å². The van der Waals surface area contributed by atoms with Gasteiger partial charge in [-0.2, -0.15) is 0 Å². The summed E-state index contributed by atoms with van der Waals surface area (Å²) in [6, 6.07) is 3.44. The number of aromatic nitrogens is 1. The Morgan fingerprint density at radius 2 is 2.31 bits per heavy atom. The smallest absolute Gasteiger partial charge is 0.171 e. The molecular formula is C10H16N4O2. The molecular weight excluding hydrogens is 208 g/mol. The molecule has 88 valence electrons. The zero-order valence-corrected chi connectivity index (χ0v) is 9.33. The van der Waals surface area contributed by atoms with Gasteiger partial charge in [-0.15, -0.1) is 0 Å². The number of nitrogens with zero attached hydrogens (tertiary/aromatic N) is 3. The molecule has 0 aromatic carbocycles. The average molecular weight is 224 g/mol. The summed E-state index contributed by atoms with van der Waals surface area (Å²) >= 11 is 0. The number of hydrogen-bond acceptors (Lipinski definition) is 5. The normalized spacial score (nSPS) is 13.6. The predicted octanol–water partition coefficient (Wildman–Crippen LogP) is -0.00690. The minimum absolute atomic E-state index is 0.0118. The molecule has 1 aromatic heterocycles. The molecule has 16 heavy (non-hydrogen) atoms. The van der Waals surface area contributed by atoms with Gasteiger partial charge in [-0.3, -0.25) is 0 Å². The summed E-state index contributed by atoms with van der Waals surface area (Å²) in [6.45, 7) is 1.94. The standard InChI is InChI=1S/C10H16N4O2/c1-7(6-15)14(2)9-4-3-8(5-12-9)10(11)13-16/h3-5,7,15-16H,6H2,1-2H3,(H2,11,13). The van der Waals surface area contributed by atoms with E-state index in [1.807, 2.05) is 18.9 Å². The molecule has 6 nitrogen and oxygen atoms in total. The van der Waals surface area contributed by atoms with E-state index in [4.69, 9.17) is 16.0 Å². The van der Waals surface area contributed by atoms with Crippen LogP contribution in [0.25, 0.3) is 0 Å². The highest BCUT2D eigenvalue weighted by molar-refractivity contribution is 5.96. The maximum Gasteiger partial charge on any atom is 0.171 e. The van der Waals surface area contributed by atoms with Crippen molar-refractivity contribution in [1.29, 1.82) is 0 Å². The van der Waals surface area contributed by atoms with Crippen molar-refractivity contribution < 1.29 is 10.3 Å². The molecule has 0 spiro atoms. The molecule has 1 atom stereocenters.